The van der Waals surface area contributed by atoms with Crippen molar-refractivity contribution in [3.05, 3.63) is 21.9 Å². The van der Waals surface area contributed by atoms with Crippen LogP contribution in [-0.2, 0) is 17.7 Å². The van der Waals surface area contributed by atoms with Gasteiger partial charge in [-0.05, 0) is 32.0 Å². The molecule has 0 bridgehead atoms. The molecule has 1 heterocycles. The number of nitrogens with one attached hydrogen (secondary N) is 2. The number of methoxy groups -OCH3 is 1. The lowest BCUT2D eigenvalue weighted by Gasteiger charge is -2.18. The maximum atomic E-state index is 5.07. The van der Waals surface area contributed by atoms with E-state index in [0.717, 1.165) is 51.6 Å². The first-order valence-electron chi connectivity index (χ1n) is 7.89. The molecule has 2 N–H and O–H groups in total. The van der Waals surface area contributed by atoms with E-state index in [2.05, 4.69) is 46.6 Å². The number of aliphatic imine (C=N–C) groups is 1. The highest BCUT2D eigenvalue weighted by Crippen LogP contribution is 2.16. The van der Waals surface area contributed by atoms with E-state index in [-0.39, 0.29) is 0 Å². The molecule has 0 aliphatic carbocycles. The maximum Gasteiger partial charge on any atom is 0.191 e. The highest BCUT2D eigenvalue weighted by Gasteiger charge is 2.02. The van der Waals surface area contributed by atoms with Crippen molar-refractivity contribution < 1.29 is 4.74 Å². The van der Waals surface area contributed by atoms with Gasteiger partial charge in [0.15, 0.2) is 5.96 Å². The van der Waals surface area contributed by atoms with Gasteiger partial charge >= 0.3 is 0 Å². The number of aryl methyl sites for hydroxylation is 1. The summed E-state index contributed by atoms with van der Waals surface area (Å²) in [6.07, 6.45) is 2.17. The summed E-state index contributed by atoms with van der Waals surface area (Å²) in [7, 11) is 5.68. The lowest BCUT2D eigenvalue weighted by molar-refractivity contribution is 0.180. The van der Waals surface area contributed by atoms with Crippen LogP contribution in [0.1, 0.15) is 23.1 Å². The second-order valence-electron chi connectivity index (χ2n) is 5.22. The van der Waals surface area contributed by atoms with Crippen molar-refractivity contribution in [2.45, 2.75) is 26.3 Å². The highest BCUT2D eigenvalue weighted by molar-refractivity contribution is 7.11. The van der Waals surface area contributed by atoms with Crippen LogP contribution in [0.4, 0.5) is 0 Å². The van der Waals surface area contributed by atoms with E-state index in [9.17, 15) is 0 Å². The van der Waals surface area contributed by atoms with Gasteiger partial charge in [0.2, 0.25) is 0 Å². The first-order chi connectivity index (χ1) is 10.7. The van der Waals surface area contributed by atoms with Crippen LogP contribution < -0.4 is 10.6 Å². The molecule has 1 aromatic rings. The molecule has 1 aromatic heterocycles. The molecule has 0 spiro atoms. The van der Waals surface area contributed by atoms with Crippen molar-refractivity contribution in [3.8, 4) is 0 Å². The molecule has 6 heteroatoms. The van der Waals surface area contributed by atoms with E-state index in [4.69, 9.17) is 4.74 Å². The van der Waals surface area contributed by atoms with Gasteiger partial charge in [0, 0.05) is 50.2 Å². The van der Waals surface area contributed by atoms with Crippen LogP contribution in [0.15, 0.2) is 17.1 Å². The largest absolute Gasteiger partial charge is 0.385 e. The molecule has 0 saturated heterocycles. The summed E-state index contributed by atoms with van der Waals surface area (Å²) in [6, 6.07) is 4.39. The van der Waals surface area contributed by atoms with E-state index in [0.29, 0.717) is 0 Å². The summed E-state index contributed by atoms with van der Waals surface area (Å²) >= 11 is 1.86. The Morgan fingerprint density at radius 1 is 1.27 bits per heavy atom. The van der Waals surface area contributed by atoms with E-state index < -0.39 is 0 Å². The van der Waals surface area contributed by atoms with Gasteiger partial charge in [-0.3, -0.25) is 4.99 Å². The average molecular weight is 327 g/mol. The number of guanidine groups is 1. The van der Waals surface area contributed by atoms with E-state index in [1.807, 2.05) is 18.4 Å². The van der Waals surface area contributed by atoms with Crippen LogP contribution in [0.5, 0.6) is 0 Å². The molecule has 0 aliphatic heterocycles. The second kappa shape index (κ2) is 11.5. The third kappa shape index (κ3) is 7.77. The fourth-order valence-corrected chi connectivity index (χ4v) is 2.95. The molecular weight excluding hydrogens is 296 g/mol. The molecule has 0 amide bonds. The van der Waals surface area contributed by atoms with Gasteiger partial charge in [-0.15, -0.1) is 11.3 Å². The fraction of sp³-hybridized carbons (Fsp3) is 0.688. The Labute approximate surface area is 138 Å². The van der Waals surface area contributed by atoms with Crippen molar-refractivity contribution in [1.82, 2.24) is 15.5 Å². The summed E-state index contributed by atoms with van der Waals surface area (Å²) < 4.78 is 5.07. The number of nitrogens with zero attached hydrogens (tertiary/aromatic N) is 2. The van der Waals surface area contributed by atoms with Crippen LogP contribution in [-0.4, -0.2) is 58.3 Å². The minimum absolute atomic E-state index is 0.821. The van der Waals surface area contributed by atoms with E-state index in [1.165, 1.54) is 9.75 Å². The van der Waals surface area contributed by atoms with Gasteiger partial charge in [0.25, 0.3) is 0 Å². The zero-order valence-electron chi connectivity index (χ0n) is 14.3. The van der Waals surface area contributed by atoms with Crippen molar-refractivity contribution in [2.24, 2.45) is 4.99 Å². The zero-order chi connectivity index (χ0) is 16.2. The number of likely N-dealkylation sites (N-methyl/N-ethyl adjacent to an activating group) is 1. The summed E-state index contributed by atoms with van der Waals surface area (Å²) in [5.41, 5.74) is 0. The normalized spacial score (nSPS) is 12.0. The SMILES string of the molecule is CCc1ccc(CNC(=NC)NCCN(C)CCCOC)s1. The summed E-state index contributed by atoms with van der Waals surface area (Å²) in [4.78, 5) is 9.33. The van der Waals surface area contributed by atoms with Gasteiger partial charge < -0.3 is 20.3 Å². The highest BCUT2D eigenvalue weighted by atomic mass is 32.1. The van der Waals surface area contributed by atoms with Crippen LogP contribution >= 0.6 is 11.3 Å². The van der Waals surface area contributed by atoms with E-state index >= 15 is 0 Å². The lowest BCUT2D eigenvalue weighted by Crippen LogP contribution is -2.40. The minimum Gasteiger partial charge on any atom is -0.385 e. The van der Waals surface area contributed by atoms with Crippen molar-refractivity contribution in [2.75, 3.05) is 47.4 Å². The minimum atomic E-state index is 0.821. The number of hydrogen-bond donors (Lipinski definition) is 2. The third-order valence-electron chi connectivity index (χ3n) is 3.39. The molecule has 0 saturated carbocycles. The van der Waals surface area contributed by atoms with Crippen LogP contribution in [0.2, 0.25) is 0 Å². The average Bonchev–Trinajstić information content (AvgIpc) is 2.99. The third-order valence-corrected chi connectivity index (χ3v) is 4.62. The summed E-state index contributed by atoms with van der Waals surface area (Å²) in [6.45, 7) is 6.76. The monoisotopic (exact) mass is 326 g/mol. The molecule has 1 rings (SSSR count). The number of hydrogen-bond acceptors (Lipinski definition) is 4. The Kier molecular flexibility index (Phi) is 9.86. The molecule has 0 atom stereocenters. The fourth-order valence-electron chi connectivity index (χ4n) is 2.05. The van der Waals surface area contributed by atoms with Gasteiger partial charge in [-0.2, -0.15) is 0 Å². The molecule has 0 unspecified atom stereocenters. The molecule has 0 aliphatic rings. The zero-order valence-corrected chi connectivity index (χ0v) is 15.1. The van der Waals surface area contributed by atoms with Gasteiger partial charge in [0.05, 0.1) is 6.54 Å². The van der Waals surface area contributed by atoms with Gasteiger partial charge in [-0.1, -0.05) is 6.92 Å². The lowest BCUT2D eigenvalue weighted by atomic mass is 10.3. The Balaban J connectivity index is 2.19. The molecule has 0 aromatic carbocycles. The van der Waals surface area contributed by atoms with Crippen LogP contribution in [0.25, 0.3) is 0 Å². The Morgan fingerprint density at radius 2 is 2.05 bits per heavy atom. The van der Waals surface area contributed by atoms with Crippen molar-refractivity contribution >= 4 is 17.3 Å². The quantitative estimate of drug-likeness (QED) is 0.392. The molecule has 0 radical (unpaired) electrons. The van der Waals surface area contributed by atoms with Crippen LogP contribution in [0, 0.1) is 0 Å². The predicted octanol–water partition coefficient (Wildman–Crippen LogP) is 1.94. The molecule has 5 nitrogen and oxygen atoms in total. The predicted molar refractivity (Wildman–Crippen MR) is 95.9 cm³/mol. The smallest absolute Gasteiger partial charge is 0.191 e. The topological polar surface area (TPSA) is 48.9 Å². The summed E-state index contributed by atoms with van der Waals surface area (Å²) in [5.74, 6) is 0.858. The molecule has 126 valence electrons. The Hall–Kier alpha value is -1.11. The standard InChI is InChI=1S/C16H30N4OS/c1-5-14-7-8-15(22-14)13-19-16(17-2)18-9-11-20(3)10-6-12-21-4/h7-8H,5-6,9-13H2,1-4H3,(H2,17,18,19). The first kappa shape index (κ1) is 18.9. The molecule has 22 heavy (non-hydrogen) atoms. The second-order valence-corrected chi connectivity index (χ2v) is 6.48. The number of ether oxygens (including phenoxy) is 1. The van der Waals surface area contributed by atoms with Crippen molar-refractivity contribution in [1.29, 1.82) is 0 Å². The molecular formula is C16H30N4OS. The van der Waals surface area contributed by atoms with Crippen molar-refractivity contribution in [3.63, 3.8) is 0 Å². The Bertz CT molecular complexity index is 434. The van der Waals surface area contributed by atoms with Gasteiger partial charge in [-0.25, -0.2) is 0 Å². The maximum absolute atomic E-state index is 5.07. The molecule has 0 fully saturated rings. The Morgan fingerprint density at radius 3 is 2.68 bits per heavy atom. The number of thiophene rings is 1. The van der Waals surface area contributed by atoms with E-state index in [1.54, 1.807) is 7.11 Å². The van der Waals surface area contributed by atoms with Crippen LogP contribution in [0.3, 0.4) is 0 Å². The summed E-state index contributed by atoms with van der Waals surface area (Å²) in [5, 5.41) is 6.71. The first-order valence-corrected chi connectivity index (χ1v) is 8.70. The number of rotatable bonds is 10. The van der Waals surface area contributed by atoms with Gasteiger partial charge in [0.1, 0.15) is 0 Å².